The van der Waals surface area contributed by atoms with E-state index in [1.54, 1.807) is 19.5 Å². The Morgan fingerprint density at radius 3 is 2.71 bits per heavy atom. The largest absolute Gasteiger partial charge is 0.480 e. The van der Waals surface area contributed by atoms with E-state index in [1.807, 2.05) is 6.92 Å². The summed E-state index contributed by atoms with van der Waals surface area (Å²) < 4.78 is 10.9. The maximum atomic E-state index is 6.24. The average molecular weight is 237 g/mol. The molecule has 5 nitrogen and oxygen atoms in total. The second kappa shape index (κ2) is 5.42. The first-order valence-corrected chi connectivity index (χ1v) is 6.00. The molecular weight excluding hydrogens is 218 g/mol. The van der Waals surface area contributed by atoms with E-state index < -0.39 is 0 Å². The summed E-state index contributed by atoms with van der Waals surface area (Å²) in [5.74, 6) is 1.04. The fraction of sp³-hybridized carbons (Fsp3) is 0.667. The molecule has 94 valence electrons. The monoisotopic (exact) mass is 237 g/mol. The molecule has 17 heavy (non-hydrogen) atoms. The summed E-state index contributed by atoms with van der Waals surface area (Å²) in [7, 11) is 1.58. The van der Waals surface area contributed by atoms with Crippen molar-refractivity contribution in [1.82, 2.24) is 9.97 Å². The van der Waals surface area contributed by atoms with Gasteiger partial charge >= 0.3 is 0 Å². The summed E-state index contributed by atoms with van der Waals surface area (Å²) in [4.78, 5) is 8.39. The zero-order valence-corrected chi connectivity index (χ0v) is 10.3. The SMILES string of the molecule is CCOC(C1CC1)C(N)c1nccnc1OC. The van der Waals surface area contributed by atoms with Gasteiger partial charge in [-0.15, -0.1) is 0 Å². The summed E-state index contributed by atoms with van der Waals surface area (Å²) in [6.07, 6.45) is 5.61. The molecule has 0 amide bonds. The van der Waals surface area contributed by atoms with Crippen LogP contribution in [0.3, 0.4) is 0 Å². The van der Waals surface area contributed by atoms with Gasteiger partial charge in [-0.3, -0.25) is 4.98 Å². The van der Waals surface area contributed by atoms with Gasteiger partial charge in [-0.2, -0.15) is 0 Å². The van der Waals surface area contributed by atoms with Crippen LogP contribution in [0.2, 0.25) is 0 Å². The van der Waals surface area contributed by atoms with Gasteiger partial charge in [0.05, 0.1) is 19.3 Å². The van der Waals surface area contributed by atoms with E-state index in [4.69, 9.17) is 15.2 Å². The van der Waals surface area contributed by atoms with E-state index >= 15 is 0 Å². The standard InChI is InChI=1S/C12H19N3O2/c1-3-17-11(8-4-5-8)9(13)10-12(16-2)15-7-6-14-10/h6-9,11H,3-5,13H2,1-2H3. The van der Waals surface area contributed by atoms with Crippen LogP contribution >= 0.6 is 0 Å². The van der Waals surface area contributed by atoms with Gasteiger partial charge in [0.25, 0.3) is 0 Å². The smallest absolute Gasteiger partial charge is 0.237 e. The lowest BCUT2D eigenvalue weighted by molar-refractivity contribution is 0.0266. The van der Waals surface area contributed by atoms with Gasteiger partial charge in [0.15, 0.2) is 0 Å². The highest BCUT2D eigenvalue weighted by Gasteiger charge is 2.38. The highest BCUT2D eigenvalue weighted by atomic mass is 16.5. The van der Waals surface area contributed by atoms with E-state index in [9.17, 15) is 0 Å². The molecule has 2 N–H and O–H groups in total. The Bertz CT molecular complexity index is 369. The van der Waals surface area contributed by atoms with E-state index in [2.05, 4.69) is 9.97 Å². The van der Waals surface area contributed by atoms with Crippen molar-refractivity contribution in [2.24, 2.45) is 11.7 Å². The summed E-state index contributed by atoms with van der Waals surface area (Å²) in [6.45, 7) is 2.65. The number of nitrogens with zero attached hydrogens (tertiary/aromatic N) is 2. The van der Waals surface area contributed by atoms with E-state index in [0.29, 0.717) is 24.1 Å². The Morgan fingerprint density at radius 2 is 2.12 bits per heavy atom. The third-order valence-electron chi connectivity index (χ3n) is 3.00. The predicted molar refractivity (Wildman–Crippen MR) is 63.7 cm³/mol. The van der Waals surface area contributed by atoms with Crippen molar-refractivity contribution >= 4 is 0 Å². The molecule has 2 rings (SSSR count). The number of hydrogen-bond acceptors (Lipinski definition) is 5. The summed E-state index contributed by atoms with van der Waals surface area (Å²) in [6, 6.07) is -0.272. The summed E-state index contributed by atoms with van der Waals surface area (Å²) in [5.41, 5.74) is 6.92. The topological polar surface area (TPSA) is 70.3 Å². The van der Waals surface area contributed by atoms with Gasteiger partial charge in [0.2, 0.25) is 5.88 Å². The number of methoxy groups -OCH3 is 1. The molecule has 0 saturated heterocycles. The van der Waals surface area contributed by atoms with E-state index in [-0.39, 0.29) is 12.1 Å². The van der Waals surface area contributed by atoms with Gasteiger partial charge in [-0.25, -0.2) is 4.98 Å². The fourth-order valence-electron chi connectivity index (χ4n) is 2.03. The van der Waals surface area contributed by atoms with E-state index in [0.717, 1.165) is 0 Å². The van der Waals surface area contributed by atoms with Crippen molar-refractivity contribution in [3.05, 3.63) is 18.1 Å². The lowest BCUT2D eigenvalue weighted by Gasteiger charge is -2.23. The Hall–Kier alpha value is -1.20. The van der Waals surface area contributed by atoms with Crippen LogP contribution < -0.4 is 10.5 Å². The predicted octanol–water partition coefficient (Wildman–Crippen LogP) is 1.30. The molecule has 1 aromatic rings. The van der Waals surface area contributed by atoms with Crippen molar-refractivity contribution in [3.8, 4) is 5.88 Å². The number of aromatic nitrogens is 2. The number of ether oxygens (including phenoxy) is 2. The molecule has 0 aromatic carbocycles. The van der Waals surface area contributed by atoms with Crippen molar-refractivity contribution in [2.45, 2.75) is 31.9 Å². The van der Waals surface area contributed by atoms with Crippen LogP contribution in [0.25, 0.3) is 0 Å². The third-order valence-corrected chi connectivity index (χ3v) is 3.00. The van der Waals surface area contributed by atoms with Crippen LogP contribution in [0.4, 0.5) is 0 Å². The molecular formula is C12H19N3O2. The number of hydrogen-bond donors (Lipinski definition) is 1. The highest BCUT2D eigenvalue weighted by Crippen LogP contribution is 2.39. The zero-order chi connectivity index (χ0) is 12.3. The summed E-state index contributed by atoms with van der Waals surface area (Å²) in [5, 5.41) is 0. The van der Waals surface area contributed by atoms with Gasteiger partial charge < -0.3 is 15.2 Å². The molecule has 5 heteroatoms. The molecule has 2 unspecified atom stereocenters. The maximum absolute atomic E-state index is 6.24. The van der Waals surface area contributed by atoms with Crippen LogP contribution in [-0.4, -0.2) is 29.8 Å². The minimum Gasteiger partial charge on any atom is -0.480 e. The van der Waals surface area contributed by atoms with Gasteiger partial charge in [0.1, 0.15) is 5.69 Å². The molecule has 1 saturated carbocycles. The quantitative estimate of drug-likeness (QED) is 0.807. The van der Waals surface area contributed by atoms with E-state index in [1.165, 1.54) is 12.8 Å². The van der Waals surface area contributed by atoms with Crippen LogP contribution in [0.1, 0.15) is 31.5 Å². The first kappa shape index (κ1) is 12.3. The molecule has 1 aromatic heterocycles. The minimum atomic E-state index is -0.272. The molecule has 0 spiro atoms. The lowest BCUT2D eigenvalue weighted by Crippen LogP contribution is -2.32. The molecule has 2 atom stereocenters. The first-order chi connectivity index (χ1) is 8.27. The van der Waals surface area contributed by atoms with Crippen LogP contribution in [0.5, 0.6) is 5.88 Å². The van der Waals surface area contributed by atoms with Crippen molar-refractivity contribution in [1.29, 1.82) is 0 Å². The number of rotatable bonds is 6. The molecule has 1 fully saturated rings. The average Bonchev–Trinajstić information content (AvgIpc) is 3.19. The second-order valence-electron chi connectivity index (χ2n) is 4.23. The fourth-order valence-corrected chi connectivity index (χ4v) is 2.03. The van der Waals surface area contributed by atoms with Crippen LogP contribution in [0, 0.1) is 5.92 Å². The zero-order valence-electron chi connectivity index (χ0n) is 10.3. The summed E-state index contributed by atoms with van der Waals surface area (Å²) >= 11 is 0. The Labute approximate surface area is 101 Å². The van der Waals surface area contributed by atoms with Crippen molar-refractivity contribution in [3.63, 3.8) is 0 Å². The second-order valence-corrected chi connectivity index (χ2v) is 4.23. The van der Waals surface area contributed by atoms with Crippen molar-refractivity contribution < 1.29 is 9.47 Å². The first-order valence-electron chi connectivity index (χ1n) is 6.00. The Kier molecular flexibility index (Phi) is 3.91. The third kappa shape index (κ3) is 2.73. The molecule has 0 bridgehead atoms. The molecule has 1 aliphatic carbocycles. The molecule has 0 aliphatic heterocycles. The Balaban J connectivity index is 2.18. The molecule has 0 radical (unpaired) electrons. The minimum absolute atomic E-state index is 0.0191. The van der Waals surface area contributed by atoms with Crippen LogP contribution in [-0.2, 0) is 4.74 Å². The number of nitrogens with two attached hydrogens (primary N) is 1. The van der Waals surface area contributed by atoms with Crippen LogP contribution in [0.15, 0.2) is 12.4 Å². The van der Waals surface area contributed by atoms with Crippen molar-refractivity contribution in [2.75, 3.05) is 13.7 Å². The molecule has 1 heterocycles. The normalized spacial score (nSPS) is 18.8. The molecule has 1 aliphatic rings. The van der Waals surface area contributed by atoms with Gasteiger partial charge in [0, 0.05) is 19.0 Å². The van der Waals surface area contributed by atoms with Gasteiger partial charge in [-0.1, -0.05) is 0 Å². The van der Waals surface area contributed by atoms with Gasteiger partial charge in [-0.05, 0) is 25.7 Å². The maximum Gasteiger partial charge on any atom is 0.237 e. The highest BCUT2D eigenvalue weighted by molar-refractivity contribution is 5.22. The Morgan fingerprint density at radius 1 is 1.41 bits per heavy atom. The lowest BCUT2D eigenvalue weighted by atomic mass is 10.0.